The molecule has 7 nitrogen and oxygen atoms in total. The summed E-state index contributed by atoms with van der Waals surface area (Å²) in [4.78, 5) is 24.0. The molecule has 1 aromatic rings. The van der Waals surface area contributed by atoms with Crippen molar-refractivity contribution in [2.45, 2.75) is 25.1 Å². The molecule has 1 saturated heterocycles. The van der Waals surface area contributed by atoms with E-state index in [9.17, 15) is 18.0 Å². The van der Waals surface area contributed by atoms with E-state index in [4.69, 9.17) is 19.7 Å². The Labute approximate surface area is 143 Å². The zero-order chi connectivity index (χ0) is 18.3. The van der Waals surface area contributed by atoms with Gasteiger partial charge in [-0.15, -0.1) is 0 Å². The second-order valence-electron chi connectivity index (χ2n) is 4.67. The van der Waals surface area contributed by atoms with Crippen molar-refractivity contribution in [3.05, 3.63) is 22.3 Å². The number of nitrogens with zero attached hydrogens (tertiary/aromatic N) is 1. The predicted octanol–water partition coefficient (Wildman–Crippen LogP) is 2.77. The van der Waals surface area contributed by atoms with Crippen molar-refractivity contribution in [3.8, 4) is 0 Å². The van der Waals surface area contributed by atoms with Crippen LogP contribution in [-0.2, 0) is 9.53 Å². The summed E-state index contributed by atoms with van der Waals surface area (Å²) in [6, 6.07) is 1.53. The van der Waals surface area contributed by atoms with Crippen molar-refractivity contribution in [2.24, 2.45) is 0 Å². The average Bonchev–Trinajstić information content (AvgIpc) is 2.98. The van der Waals surface area contributed by atoms with Crippen molar-refractivity contribution < 1.29 is 37.7 Å². The smallest absolute Gasteiger partial charge is 0.478 e. The summed E-state index contributed by atoms with van der Waals surface area (Å²) < 4.78 is 37.8. The van der Waals surface area contributed by atoms with Gasteiger partial charge in [0.25, 0.3) is 0 Å². The third kappa shape index (κ3) is 6.71. The van der Waals surface area contributed by atoms with Gasteiger partial charge >= 0.3 is 18.1 Å². The van der Waals surface area contributed by atoms with Crippen molar-refractivity contribution in [2.75, 3.05) is 18.5 Å². The van der Waals surface area contributed by atoms with Crippen LogP contribution in [0.5, 0.6) is 0 Å². The van der Waals surface area contributed by atoms with Gasteiger partial charge in [0.15, 0.2) is 0 Å². The number of nitrogens with one attached hydrogen (secondary N) is 1. The average molecular weight is 415 g/mol. The highest BCUT2D eigenvalue weighted by Crippen LogP contribution is 2.19. The Hall–Kier alpha value is -1.88. The first-order valence-corrected chi connectivity index (χ1v) is 7.45. The molecule has 1 aromatic heterocycles. The second-order valence-corrected chi connectivity index (χ2v) is 5.59. The fourth-order valence-electron chi connectivity index (χ4n) is 1.76. The maximum atomic E-state index is 11.0. The van der Waals surface area contributed by atoms with Gasteiger partial charge in [0, 0.05) is 23.8 Å². The molecular weight excluding hydrogens is 401 g/mol. The lowest BCUT2D eigenvalue weighted by Crippen LogP contribution is -2.21. The van der Waals surface area contributed by atoms with Crippen LogP contribution in [0, 0.1) is 0 Å². The van der Waals surface area contributed by atoms with Gasteiger partial charge in [-0.3, -0.25) is 0 Å². The Bertz CT molecular complexity index is 591. The molecule has 0 unspecified atom stereocenters. The minimum atomic E-state index is -5.08. The third-order valence-corrected chi connectivity index (χ3v) is 3.28. The third-order valence-electron chi connectivity index (χ3n) is 2.85. The Morgan fingerprint density at radius 1 is 1.42 bits per heavy atom. The lowest BCUT2D eigenvalue weighted by molar-refractivity contribution is -0.192. The number of hydrogen-bond donors (Lipinski definition) is 3. The Kier molecular flexibility index (Phi) is 7.42. The zero-order valence-electron chi connectivity index (χ0n) is 12.1. The van der Waals surface area contributed by atoms with E-state index >= 15 is 0 Å². The quantitative estimate of drug-likeness (QED) is 0.694. The first-order valence-electron chi connectivity index (χ1n) is 6.65. The highest BCUT2D eigenvalue weighted by Gasteiger charge is 2.38. The lowest BCUT2D eigenvalue weighted by Gasteiger charge is -2.12. The molecule has 1 fully saturated rings. The van der Waals surface area contributed by atoms with Crippen LogP contribution in [-0.4, -0.2) is 52.6 Å². The Balaban J connectivity index is 0.000000351. The molecule has 0 amide bonds. The van der Waals surface area contributed by atoms with Crippen LogP contribution < -0.4 is 5.32 Å². The molecule has 0 radical (unpaired) electrons. The van der Waals surface area contributed by atoms with Crippen molar-refractivity contribution >= 4 is 33.7 Å². The standard InChI is InChI=1S/C11H13BrN2O3.C2HF3O2/c12-7-4-9(11(15)16)10(13-5-7)14-6-8-2-1-3-17-8;3-2(4,5)1(6)7/h4-5,8H,1-3,6H2,(H,13,14)(H,15,16);(H,6,7)/t8-;/m0./s1. The van der Waals surface area contributed by atoms with Crippen LogP contribution in [0.4, 0.5) is 19.0 Å². The van der Waals surface area contributed by atoms with E-state index in [1.807, 2.05) is 0 Å². The fraction of sp³-hybridized carbons (Fsp3) is 0.462. The molecule has 1 aliphatic heterocycles. The molecule has 0 aliphatic carbocycles. The largest absolute Gasteiger partial charge is 0.490 e. The first-order chi connectivity index (χ1) is 11.1. The summed E-state index contributed by atoms with van der Waals surface area (Å²) in [5.74, 6) is -3.36. The molecule has 2 rings (SSSR count). The van der Waals surface area contributed by atoms with Gasteiger partial charge in [0.05, 0.1) is 6.10 Å². The predicted molar refractivity (Wildman–Crippen MR) is 80.1 cm³/mol. The minimum Gasteiger partial charge on any atom is -0.478 e. The normalized spacial score (nSPS) is 16.9. The lowest BCUT2D eigenvalue weighted by atomic mass is 10.2. The van der Waals surface area contributed by atoms with E-state index in [2.05, 4.69) is 26.2 Å². The number of carboxylic acid groups (broad SMARTS) is 2. The number of carboxylic acids is 2. The number of alkyl halides is 3. The molecule has 11 heteroatoms. The molecule has 0 saturated carbocycles. The number of halogens is 4. The van der Waals surface area contributed by atoms with E-state index in [1.165, 1.54) is 6.07 Å². The van der Waals surface area contributed by atoms with Crippen LogP contribution in [0.15, 0.2) is 16.7 Å². The molecule has 134 valence electrons. The number of ether oxygens (including phenoxy) is 1. The van der Waals surface area contributed by atoms with Crippen LogP contribution in [0.3, 0.4) is 0 Å². The van der Waals surface area contributed by atoms with Gasteiger partial charge in [-0.25, -0.2) is 14.6 Å². The van der Waals surface area contributed by atoms with Crippen molar-refractivity contribution in [3.63, 3.8) is 0 Å². The number of aliphatic carboxylic acids is 1. The van der Waals surface area contributed by atoms with Gasteiger partial charge in [0.1, 0.15) is 11.4 Å². The van der Waals surface area contributed by atoms with Gasteiger partial charge in [-0.1, -0.05) is 0 Å². The van der Waals surface area contributed by atoms with E-state index in [0.717, 1.165) is 19.4 Å². The molecule has 0 bridgehead atoms. The van der Waals surface area contributed by atoms with Gasteiger partial charge < -0.3 is 20.3 Å². The first kappa shape index (κ1) is 20.2. The maximum absolute atomic E-state index is 11.0. The highest BCUT2D eigenvalue weighted by atomic mass is 79.9. The van der Waals surface area contributed by atoms with E-state index in [0.29, 0.717) is 16.8 Å². The van der Waals surface area contributed by atoms with Crippen molar-refractivity contribution in [1.82, 2.24) is 4.98 Å². The maximum Gasteiger partial charge on any atom is 0.490 e. The monoisotopic (exact) mass is 414 g/mol. The summed E-state index contributed by atoms with van der Waals surface area (Å²) in [7, 11) is 0. The number of rotatable bonds is 4. The number of aromatic nitrogens is 1. The summed E-state index contributed by atoms with van der Waals surface area (Å²) >= 11 is 3.20. The summed E-state index contributed by atoms with van der Waals surface area (Å²) in [5, 5.41) is 19.2. The van der Waals surface area contributed by atoms with E-state index < -0.39 is 18.1 Å². The fourth-order valence-corrected chi connectivity index (χ4v) is 2.09. The second kappa shape index (κ2) is 8.83. The topological polar surface area (TPSA) is 109 Å². The number of anilines is 1. The summed E-state index contributed by atoms with van der Waals surface area (Å²) in [6.45, 7) is 1.38. The van der Waals surface area contributed by atoms with Crippen molar-refractivity contribution in [1.29, 1.82) is 0 Å². The summed E-state index contributed by atoms with van der Waals surface area (Å²) in [6.07, 6.45) is -1.29. The molecular formula is C13H14BrF3N2O5. The van der Waals surface area contributed by atoms with Crippen LogP contribution in [0.25, 0.3) is 0 Å². The Morgan fingerprint density at radius 3 is 2.50 bits per heavy atom. The number of pyridine rings is 1. The van der Waals surface area contributed by atoms with Crippen LogP contribution in [0.2, 0.25) is 0 Å². The number of carbonyl (C=O) groups is 2. The number of aromatic carboxylic acids is 1. The SMILES string of the molecule is O=C(O)C(F)(F)F.O=C(O)c1cc(Br)cnc1NC[C@@H]1CCCO1. The highest BCUT2D eigenvalue weighted by molar-refractivity contribution is 9.10. The molecule has 3 N–H and O–H groups in total. The van der Waals surface area contributed by atoms with Gasteiger partial charge in [-0.2, -0.15) is 13.2 Å². The molecule has 1 atom stereocenters. The summed E-state index contributed by atoms with van der Waals surface area (Å²) in [5.41, 5.74) is 0.164. The molecule has 24 heavy (non-hydrogen) atoms. The van der Waals surface area contributed by atoms with E-state index in [1.54, 1.807) is 6.20 Å². The van der Waals surface area contributed by atoms with Gasteiger partial charge in [-0.05, 0) is 34.8 Å². The number of hydrogen-bond acceptors (Lipinski definition) is 5. The molecule has 0 spiro atoms. The van der Waals surface area contributed by atoms with Crippen LogP contribution in [0.1, 0.15) is 23.2 Å². The molecule has 2 heterocycles. The zero-order valence-corrected chi connectivity index (χ0v) is 13.7. The molecule has 0 aromatic carbocycles. The minimum absolute atomic E-state index is 0.155. The Morgan fingerprint density at radius 2 is 2.04 bits per heavy atom. The van der Waals surface area contributed by atoms with E-state index in [-0.39, 0.29) is 11.7 Å². The van der Waals surface area contributed by atoms with Gasteiger partial charge in [0.2, 0.25) is 0 Å². The van der Waals surface area contributed by atoms with Crippen LogP contribution >= 0.6 is 15.9 Å². The molecule has 1 aliphatic rings.